The lowest BCUT2D eigenvalue weighted by Crippen LogP contribution is -2.05. The lowest BCUT2D eigenvalue weighted by Gasteiger charge is -2.13. The molecule has 0 N–H and O–H groups in total. The molecule has 0 saturated heterocycles. The molecule has 1 heterocycles. The second-order valence-corrected chi connectivity index (χ2v) is 6.30. The van der Waals surface area contributed by atoms with Crippen LogP contribution in [0.15, 0.2) is 36.4 Å². The fraction of sp³-hybridized carbons (Fsp3) is 0.294. The summed E-state index contributed by atoms with van der Waals surface area (Å²) < 4.78 is 19.7. The number of hydrogen-bond donors (Lipinski definition) is 0. The predicted octanol–water partition coefficient (Wildman–Crippen LogP) is 4.94. The van der Waals surface area contributed by atoms with Gasteiger partial charge < -0.3 is 4.74 Å². The van der Waals surface area contributed by atoms with Gasteiger partial charge in [0.25, 0.3) is 0 Å². The van der Waals surface area contributed by atoms with Crippen LogP contribution >= 0.6 is 15.9 Å². The monoisotopic (exact) mass is 334 g/mol. The van der Waals surface area contributed by atoms with Crippen LogP contribution in [0.1, 0.15) is 34.0 Å². The van der Waals surface area contributed by atoms with Crippen LogP contribution in [-0.4, -0.2) is 6.10 Å². The molecule has 2 aromatic carbocycles. The quantitative estimate of drug-likeness (QED) is 0.706. The summed E-state index contributed by atoms with van der Waals surface area (Å²) in [5.74, 6) is 0.772. The Morgan fingerprint density at radius 1 is 1.25 bits per heavy atom. The minimum absolute atomic E-state index is 0.136. The van der Waals surface area contributed by atoms with E-state index in [1.807, 2.05) is 25.1 Å². The molecule has 0 saturated carbocycles. The van der Waals surface area contributed by atoms with E-state index in [0.29, 0.717) is 5.56 Å². The Kier molecular flexibility index (Phi) is 3.55. The third kappa shape index (κ3) is 2.47. The lowest BCUT2D eigenvalue weighted by atomic mass is 9.99. The SMILES string of the molecule is Cc1ccc(F)c(C(Br)c2ccc3c(c2)CC(C)O3)c1. The van der Waals surface area contributed by atoms with Crippen LogP contribution < -0.4 is 4.74 Å². The highest BCUT2D eigenvalue weighted by Crippen LogP contribution is 2.37. The minimum Gasteiger partial charge on any atom is -0.490 e. The zero-order valence-corrected chi connectivity index (χ0v) is 13.1. The number of fused-ring (bicyclic) bond motifs is 1. The van der Waals surface area contributed by atoms with Gasteiger partial charge in [-0.25, -0.2) is 4.39 Å². The first kappa shape index (κ1) is 13.6. The predicted molar refractivity (Wildman–Crippen MR) is 82.1 cm³/mol. The third-order valence-corrected chi connectivity index (χ3v) is 4.66. The maximum Gasteiger partial charge on any atom is 0.127 e. The van der Waals surface area contributed by atoms with Crippen LogP contribution in [0.4, 0.5) is 4.39 Å². The molecule has 3 heteroatoms. The summed E-state index contributed by atoms with van der Waals surface area (Å²) >= 11 is 3.62. The molecule has 104 valence electrons. The molecule has 0 aromatic heterocycles. The van der Waals surface area contributed by atoms with Gasteiger partial charge >= 0.3 is 0 Å². The van der Waals surface area contributed by atoms with Gasteiger partial charge in [0.1, 0.15) is 17.7 Å². The average Bonchev–Trinajstić information content (AvgIpc) is 2.79. The molecule has 3 rings (SSSR count). The third-order valence-electron chi connectivity index (χ3n) is 3.64. The molecule has 2 unspecified atom stereocenters. The topological polar surface area (TPSA) is 9.23 Å². The number of halogens is 2. The normalized spacial score (nSPS) is 18.5. The fourth-order valence-electron chi connectivity index (χ4n) is 2.64. The Morgan fingerprint density at radius 2 is 2.05 bits per heavy atom. The van der Waals surface area contributed by atoms with Crippen molar-refractivity contribution in [3.63, 3.8) is 0 Å². The van der Waals surface area contributed by atoms with Crippen molar-refractivity contribution >= 4 is 15.9 Å². The van der Waals surface area contributed by atoms with Gasteiger partial charge in [0.15, 0.2) is 0 Å². The smallest absolute Gasteiger partial charge is 0.127 e. The standard InChI is InChI=1S/C17H16BrFO/c1-10-3-5-15(19)14(7-10)17(18)12-4-6-16-13(9-12)8-11(2)20-16/h3-7,9,11,17H,8H2,1-2H3. The molecule has 1 aliphatic heterocycles. The Bertz CT molecular complexity index is 653. The molecule has 2 atom stereocenters. The minimum atomic E-state index is -0.178. The van der Waals surface area contributed by atoms with Crippen molar-refractivity contribution in [2.24, 2.45) is 0 Å². The second-order valence-electron chi connectivity index (χ2n) is 5.39. The zero-order valence-electron chi connectivity index (χ0n) is 11.5. The molecule has 0 radical (unpaired) electrons. The molecule has 0 bridgehead atoms. The first-order valence-corrected chi connectivity index (χ1v) is 7.66. The molecule has 0 aliphatic carbocycles. The van der Waals surface area contributed by atoms with Crippen molar-refractivity contribution in [2.45, 2.75) is 31.2 Å². The van der Waals surface area contributed by atoms with E-state index in [0.717, 1.165) is 23.3 Å². The summed E-state index contributed by atoms with van der Waals surface area (Å²) in [6.07, 6.45) is 1.14. The largest absolute Gasteiger partial charge is 0.490 e. The van der Waals surface area contributed by atoms with E-state index in [1.165, 1.54) is 11.6 Å². The van der Waals surface area contributed by atoms with Gasteiger partial charge in [0.05, 0.1) is 4.83 Å². The number of rotatable bonds is 2. The van der Waals surface area contributed by atoms with Crippen LogP contribution in [0, 0.1) is 12.7 Å². The Labute approximate surface area is 126 Å². The molecule has 1 aliphatic rings. The summed E-state index contributed by atoms with van der Waals surface area (Å²) in [5.41, 5.74) is 4.00. The van der Waals surface area contributed by atoms with E-state index in [4.69, 9.17) is 4.74 Å². The summed E-state index contributed by atoms with van der Waals surface area (Å²) in [5, 5.41) is 0. The first-order chi connectivity index (χ1) is 9.54. The maximum absolute atomic E-state index is 14.0. The first-order valence-electron chi connectivity index (χ1n) is 6.74. The van der Waals surface area contributed by atoms with Crippen molar-refractivity contribution in [2.75, 3.05) is 0 Å². The van der Waals surface area contributed by atoms with Crippen molar-refractivity contribution in [1.82, 2.24) is 0 Å². The maximum atomic E-state index is 14.0. The number of aryl methyl sites for hydroxylation is 1. The molecular formula is C17H16BrFO. The van der Waals surface area contributed by atoms with E-state index in [9.17, 15) is 4.39 Å². The molecule has 20 heavy (non-hydrogen) atoms. The highest BCUT2D eigenvalue weighted by Gasteiger charge is 2.22. The number of benzene rings is 2. The number of ether oxygens (including phenoxy) is 1. The van der Waals surface area contributed by atoms with E-state index in [1.54, 1.807) is 6.07 Å². The molecular weight excluding hydrogens is 319 g/mol. The lowest BCUT2D eigenvalue weighted by molar-refractivity contribution is 0.254. The summed E-state index contributed by atoms with van der Waals surface area (Å²) in [7, 11) is 0. The van der Waals surface area contributed by atoms with Crippen LogP contribution in [-0.2, 0) is 6.42 Å². The van der Waals surface area contributed by atoms with E-state index < -0.39 is 0 Å². The van der Waals surface area contributed by atoms with Gasteiger partial charge in [0.2, 0.25) is 0 Å². The number of alkyl halides is 1. The number of hydrogen-bond acceptors (Lipinski definition) is 1. The van der Waals surface area contributed by atoms with E-state index >= 15 is 0 Å². The van der Waals surface area contributed by atoms with Gasteiger partial charge in [0, 0.05) is 12.0 Å². The van der Waals surface area contributed by atoms with Crippen molar-refractivity contribution < 1.29 is 9.13 Å². The second kappa shape index (κ2) is 5.21. The van der Waals surface area contributed by atoms with E-state index in [-0.39, 0.29) is 16.7 Å². The molecule has 0 spiro atoms. The molecule has 0 fully saturated rings. The van der Waals surface area contributed by atoms with Crippen molar-refractivity contribution in [3.05, 3.63) is 64.5 Å². The van der Waals surface area contributed by atoms with Crippen LogP contribution in [0.25, 0.3) is 0 Å². The summed E-state index contributed by atoms with van der Waals surface area (Å²) in [6.45, 7) is 4.03. The van der Waals surface area contributed by atoms with Gasteiger partial charge in [-0.15, -0.1) is 0 Å². The average molecular weight is 335 g/mol. The van der Waals surface area contributed by atoms with Gasteiger partial charge in [-0.3, -0.25) is 0 Å². The van der Waals surface area contributed by atoms with Gasteiger partial charge in [-0.1, -0.05) is 45.8 Å². The molecule has 2 aromatic rings. The van der Waals surface area contributed by atoms with E-state index in [2.05, 4.69) is 28.9 Å². The van der Waals surface area contributed by atoms with Crippen LogP contribution in [0.5, 0.6) is 5.75 Å². The summed E-state index contributed by atoms with van der Waals surface area (Å²) in [6, 6.07) is 11.3. The van der Waals surface area contributed by atoms with Crippen LogP contribution in [0.3, 0.4) is 0 Å². The van der Waals surface area contributed by atoms with Gasteiger partial charge in [-0.05, 0) is 37.1 Å². The molecule has 0 amide bonds. The Hall–Kier alpha value is -1.35. The molecule has 1 nitrogen and oxygen atoms in total. The van der Waals surface area contributed by atoms with Gasteiger partial charge in [-0.2, -0.15) is 0 Å². The summed E-state index contributed by atoms with van der Waals surface area (Å²) in [4.78, 5) is -0.136. The highest BCUT2D eigenvalue weighted by molar-refractivity contribution is 9.09. The zero-order chi connectivity index (χ0) is 14.3. The Balaban J connectivity index is 1.97. The van der Waals surface area contributed by atoms with Crippen LogP contribution in [0.2, 0.25) is 0 Å². The van der Waals surface area contributed by atoms with Crippen molar-refractivity contribution in [3.8, 4) is 5.75 Å². The van der Waals surface area contributed by atoms with Crippen molar-refractivity contribution in [1.29, 1.82) is 0 Å². The fourth-order valence-corrected chi connectivity index (χ4v) is 3.27. The highest BCUT2D eigenvalue weighted by atomic mass is 79.9. The Morgan fingerprint density at radius 3 is 2.85 bits per heavy atom.